The third kappa shape index (κ3) is 4.75. The van der Waals surface area contributed by atoms with Crippen LogP contribution in [-0.4, -0.2) is 20.7 Å². The standard InChI is InChI=1S/C20H18BrFN6O2/c1-11(30-18-5-12(21)9-25-19(18)24)17-6-13(22)3-4-16(17)20(29)26-10-14-7-15(8-23)28(2)27-14/h3-7,9,11H,10H2,1-2H3,(H2,24,25)(H,26,29)/t11-/m1/s1/i2D3. The van der Waals surface area contributed by atoms with Crippen LogP contribution in [0.2, 0.25) is 0 Å². The minimum atomic E-state index is -2.63. The predicted octanol–water partition coefficient (Wildman–Crippen LogP) is 3.24. The van der Waals surface area contributed by atoms with Crippen LogP contribution in [0.25, 0.3) is 0 Å². The second-order valence-electron chi connectivity index (χ2n) is 6.26. The molecule has 0 bridgehead atoms. The molecule has 0 aliphatic carbocycles. The normalized spacial score (nSPS) is 13.5. The summed E-state index contributed by atoms with van der Waals surface area (Å²) in [6, 6.07) is 8.25. The number of halogens is 2. The molecule has 10 heteroatoms. The van der Waals surface area contributed by atoms with Gasteiger partial charge in [0.15, 0.2) is 11.6 Å². The van der Waals surface area contributed by atoms with Gasteiger partial charge >= 0.3 is 0 Å². The molecule has 0 aliphatic heterocycles. The number of aromatic nitrogens is 3. The smallest absolute Gasteiger partial charge is 0.252 e. The molecule has 0 saturated carbocycles. The zero-order chi connectivity index (χ0) is 24.3. The molecule has 154 valence electrons. The van der Waals surface area contributed by atoms with Crippen LogP contribution in [0.15, 0.2) is 41.0 Å². The maximum absolute atomic E-state index is 14.0. The highest BCUT2D eigenvalue weighted by atomic mass is 79.9. The van der Waals surface area contributed by atoms with Crippen molar-refractivity contribution in [3.05, 3.63) is 69.3 Å². The van der Waals surface area contributed by atoms with Gasteiger partial charge in [0.1, 0.15) is 23.7 Å². The fourth-order valence-electron chi connectivity index (χ4n) is 2.72. The van der Waals surface area contributed by atoms with E-state index in [9.17, 15) is 9.18 Å². The summed E-state index contributed by atoms with van der Waals surface area (Å²) in [5.74, 6) is -0.743. The minimum absolute atomic E-state index is 0.130. The average Bonchev–Trinajstić information content (AvgIpc) is 3.18. The zero-order valence-electron chi connectivity index (χ0n) is 18.7. The number of nitrogens with zero attached hydrogens (tertiary/aromatic N) is 4. The van der Waals surface area contributed by atoms with Crippen LogP contribution >= 0.6 is 15.9 Å². The van der Waals surface area contributed by atoms with Crippen molar-refractivity contribution in [2.45, 2.75) is 19.6 Å². The van der Waals surface area contributed by atoms with Gasteiger partial charge in [-0.25, -0.2) is 9.37 Å². The van der Waals surface area contributed by atoms with Crippen molar-refractivity contribution in [1.82, 2.24) is 20.1 Å². The number of rotatable bonds is 6. The zero-order valence-corrected chi connectivity index (χ0v) is 17.3. The number of pyridine rings is 1. The third-order valence-electron chi connectivity index (χ3n) is 4.15. The molecule has 0 fully saturated rings. The van der Waals surface area contributed by atoms with Crippen molar-refractivity contribution in [1.29, 1.82) is 5.26 Å². The van der Waals surface area contributed by atoms with Gasteiger partial charge < -0.3 is 15.8 Å². The molecule has 1 aromatic carbocycles. The van der Waals surface area contributed by atoms with E-state index in [4.69, 9.17) is 19.8 Å². The summed E-state index contributed by atoms with van der Waals surface area (Å²) >= 11 is 3.27. The molecule has 1 atom stereocenters. The summed E-state index contributed by atoms with van der Waals surface area (Å²) in [4.78, 5) is 16.8. The first-order chi connectivity index (χ1) is 15.5. The van der Waals surface area contributed by atoms with Crippen molar-refractivity contribution in [3.8, 4) is 11.8 Å². The number of carbonyl (C=O) groups is 1. The van der Waals surface area contributed by atoms with Gasteiger partial charge in [-0.15, -0.1) is 0 Å². The Morgan fingerprint density at radius 2 is 2.30 bits per heavy atom. The Balaban J connectivity index is 1.81. The number of anilines is 1. The van der Waals surface area contributed by atoms with Crippen molar-refractivity contribution in [3.63, 3.8) is 0 Å². The van der Waals surface area contributed by atoms with Crippen LogP contribution in [0.3, 0.4) is 0 Å². The molecule has 8 nitrogen and oxygen atoms in total. The molecule has 1 amide bonds. The summed E-state index contributed by atoms with van der Waals surface area (Å²) in [7, 11) is 0. The summed E-state index contributed by atoms with van der Waals surface area (Å²) in [6.07, 6.45) is 0.735. The van der Waals surface area contributed by atoms with Gasteiger partial charge in [0, 0.05) is 32.9 Å². The first kappa shape index (κ1) is 17.4. The number of carbonyl (C=O) groups excluding carboxylic acids is 1. The first-order valence-corrected chi connectivity index (χ1v) is 9.43. The Morgan fingerprint density at radius 1 is 1.50 bits per heavy atom. The van der Waals surface area contributed by atoms with Gasteiger partial charge in [-0.05, 0) is 53.2 Å². The summed E-state index contributed by atoms with van der Waals surface area (Å²) in [6.45, 7) is -1.15. The van der Waals surface area contributed by atoms with E-state index in [0.29, 0.717) is 9.15 Å². The van der Waals surface area contributed by atoms with Gasteiger partial charge in [-0.2, -0.15) is 10.4 Å². The third-order valence-corrected chi connectivity index (χ3v) is 4.59. The van der Waals surface area contributed by atoms with Crippen molar-refractivity contribution >= 4 is 27.7 Å². The number of nitriles is 1. The van der Waals surface area contributed by atoms with E-state index in [1.807, 2.05) is 0 Å². The van der Waals surface area contributed by atoms with E-state index in [0.717, 1.165) is 6.07 Å². The second kappa shape index (κ2) is 8.92. The largest absolute Gasteiger partial charge is 0.482 e. The summed E-state index contributed by atoms with van der Waals surface area (Å²) < 4.78 is 43.3. The monoisotopic (exact) mass is 475 g/mol. The number of hydrogen-bond donors (Lipinski definition) is 2. The van der Waals surface area contributed by atoms with E-state index in [-0.39, 0.29) is 40.6 Å². The lowest BCUT2D eigenvalue weighted by atomic mass is 10.0. The average molecular weight is 476 g/mol. The van der Waals surface area contributed by atoms with Crippen LogP contribution in [0.5, 0.6) is 5.75 Å². The van der Waals surface area contributed by atoms with Crippen molar-refractivity contribution in [2.24, 2.45) is 6.98 Å². The number of amides is 1. The summed E-state index contributed by atoms with van der Waals surface area (Å²) in [5.41, 5.74) is 6.25. The number of nitrogen functional groups attached to an aromatic ring is 1. The molecule has 30 heavy (non-hydrogen) atoms. The Morgan fingerprint density at radius 3 is 3.00 bits per heavy atom. The number of ether oxygens (including phenoxy) is 1. The van der Waals surface area contributed by atoms with Gasteiger partial charge in [0.25, 0.3) is 5.91 Å². The minimum Gasteiger partial charge on any atom is -0.482 e. The maximum Gasteiger partial charge on any atom is 0.252 e. The molecule has 0 radical (unpaired) electrons. The number of nitrogens with two attached hydrogens (primary N) is 1. The Kier molecular flexibility index (Phi) is 5.18. The van der Waals surface area contributed by atoms with Crippen LogP contribution in [-0.2, 0) is 13.5 Å². The number of nitrogens with one attached hydrogen (secondary N) is 1. The second-order valence-corrected chi connectivity index (χ2v) is 7.17. The Hall–Kier alpha value is -3.45. The predicted molar refractivity (Wildman–Crippen MR) is 111 cm³/mol. The van der Waals surface area contributed by atoms with Gasteiger partial charge in [-0.1, -0.05) is 0 Å². The topological polar surface area (TPSA) is 119 Å². The van der Waals surface area contributed by atoms with Crippen molar-refractivity contribution in [2.75, 3.05) is 5.73 Å². The number of hydrogen-bond acceptors (Lipinski definition) is 6. The fourth-order valence-corrected chi connectivity index (χ4v) is 3.03. The molecular weight excluding hydrogens is 455 g/mol. The quantitative estimate of drug-likeness (QED) is 0.564. The van der Waals surface area contributed by atoms with E-state index < -0.39 is 24.8 Å². The highest BCUT2D eigenvalue weighted by molar-refractivity contribution is 9.10. The maximum atomic E-state index is 14.0. The van der Waals surface area contributed by atoms with E-state index in [1.165, 1.54) is 24.4 Å². The molecule has 2 aromatic heterocycles. The molecular formula is C20H18BrFN6O2. The number of benzene rings is 1. The molecule has 0 saturated heterocycles. The lowest BCUT2D eigenvalue weighted by Crippen LogP contribution is -2.25. The molecule has 3 N–H and O–H groups in total. The Labute approximate surface area is 184 Å². The van der Waals surface area contributed by atoms with Crippen LogP contribution in [0.1, 0.15) is 44.4 Å². The molecule has 0 aliphatic rings. The lowest BCUT2D eigenvalue weighted by Gasteiger charge is -2.19. The SMILES string of the molecule is [2H]C([2H])([2H])n1nc(CNC(=O)c2ccc(F)cc2[C@@H](C)Oc2cc(Br)cnc2N)cc1C#N. The van der Waals surface area contributed by atoms with Gasteiger partial charge in [-0.3, -0.25) is 9.48 Å². The van der Waals surface area contributed by atoms with E-state index >= 15 is 0 Å². The molecule has 3 aromatic rings. The van der Waals surface area contributed by atoms with Crippen molar-refractivity contribution < 1.29 is 18.0 Å². The fraction of sp³-hybridized carbons (Fsp3) is 0.200. The lowest BCUT2D eigenvalue weighted by molar-refractivity contribution is 0.0945. The number of aryl methyl sites for hydroxylation is 1. The Bertz CT molecular complexity index is 1240. The van der Waals surface area contributed by atoms with Gasteiger partial charge in [0.2, 0.25) is 0 Å². The van der Waals surface area contributed by atoms with Crippen LogP contribution in [0.4, 0.5) is 10.2 Å². The van der Waals surface area contributed by atoms with Crippen LogP contribution in [0, 0.1) is 17.1 Å². The highest BCUT2D eigenvalue weighted by Gasteiger charge is 2.20. The molecule has 3 rings (SSSR count). The molecule has 0 unspecified atom stereocenters. The first-order valence-electron chi connectivity index (χ1n) is 10.1. The van der Waals surface area contributed by atoms with E-state index in [1.54, 1.807) is 19.1 Å². The molecule has 0 spiro atoms. The highest BCUT2D eigenvalue weighted by Crippen LogP contribution is 2.30. The summed E-state index contributed by atoms with van der Waals surface area (Å²) in [5, 5.41) is 15.6. The van der Waals surface area contributed by atoms with Gasteiger partial charge in [0.05, 0.1) is 12.2 Å². The molecule has 2 heterocycles. The van der Waals surface area contributed by atoms with Crippen LogP contribution < -0.4 is 15.8 Å². The van der Waals surface area contributed by atoms with E-state index in [2.05, 4.69) is 31.3 Å².